The Morgan fingerprint density at radius 1 is 1.15 bits per heavy atom. The van der Waals surface area contributed by atoms with Crippen LogP contribution in [0.5, 0.6) is 0 Å². The van der Waals surface area contributed by atoms with Crippen molar-refractivity contribution in [1.29, 1.82) is 0 Å². The quantitative estimate of drug-likeness (QED) is 0.880. The summed E-state index contributed by atoms with van der Waals surface area (Å²) in [6.07, 6.45) is -0.385. The van der Waals surface area contributed by atoms with Gasteiger partial charge in [-0.2, -0.15) is 13.2 Å². The number of amides is 1. The maximum absolute atomic E-state index is 12.9. The van der Waals surface area contributed by atoms with E-state index in [0.717, 1.165) is 11.8 Å². The van der Waals surface area contributed by atoms with Gasteiger partial charge in [0, 0.05) is 31.4 Å². The molecular formula is C17H19F3N6O. The zero-order valence-corrected chi connectivity index (χ0v) is 14.9. The van der Waals surface area contributed by atoms with Crippen LogP contribution in [-0.4, -0.2) is 45.0 Å². The third-order valence-electron chi connectivity index (χ3n) is 4.28. The molecular weight excluding hydrogens is 361 g/mol. The lowest BCUT2D eigenvalue weighted by Crippen LogP contribution is -2.45. The molecule has 1 saturated heterocycles. The predicted octanol–water partition coefficient (Wildman–Crippen LogP) is 2.30. The second-order valence-corrected chi connectivity index (χ2v) is 6.43. The summed E-state index contributed by atoms with van der Waals surface area (Å²) >= 11 is 0. The first kappa shape index (κ1) is 19.0. The first-order chi connectivity index (χ1) is 12.7. The Labute approximate surface area is 154 Å². The van der Waals surface area contributed by atoms with Crippen molar-refractivity contribution in [2.75, 3.05) is 18.0 Å². The molecule has 1 amide bonds. The third kappa shape index (κ3) is 4.69. The minimum Gasteiger partial charge on any atom is -0.356 e. The third-order valence-corrected chi connectivity index (χ3v) is 4.28. The number of alkyl halides is 3. The molecule has 27 heavy (non-hydrogen) atoms. The fraction of sp³-hybridized carbons (Fsp3) is 0.471. The van der Waals surface area contributed by atoms with Gasteiger partial charge < -0.3 is 10.2 Å². The van der Waals surface area contributed by atoms with Crippen molar-refractivity contribution in [3.63, 3.8) is 0 Å². The molecule has 7 nitrogen and oxygen atoms in total. The Balaban J connectivity index is 1.61. The zero-order chi connectivity index (χ0) is 19.6. The van der Waals surface area contributed by atoms with E-state index in [1.807, 2.05) is 0 Å². The molecule has 0 aliphatic carbocycles. The maximum atomic E-state index is 12.9. The van der Waals surface area contributed by atoms with Gasteiger partial charge in [-0.05, 0) is 26.7 Å². The van der Waals surface area contributed by atoms with Crippen molar-refractivity contribution in [1.82, 2.24) is 25.3 Å². The summed E-state index contributed by atoms with van der Waals surface area (Å²) in [6.45, 7) is 4.19. The summed E-state index contributed by atoms with van der Waals surface area (Å²) in [4.78, 5) is 29.6. The molecule has 1 aliphatic heterocycles. The van der Waals surface area contributed by atoms with Crippen LogP contribution in [0.4, 0.5) is 19.0 Å². The number of piperidine rings is 1. The minimum atomic E-state index is -4.51. The molecule has 2 aromatic heterocycles. The van der Waals surface area contributed by atoms with Crippen LogP contribution in [0.1, 0.15) is 40.5 Å². The lowest BCUT2D eigenvalue weighted by molar-refractivity contribution is -0.141. The van der Waals surface area contributed by atoms with Gasteiger partial charge in [-0.15, -0.1) is 0 Å². The van der Waals surface area contributed by atoms with E-state index in [1.165, 1.54) is 19.3 Å². The zero-order valence-electron chi connectivity index (χ0n) is 14.9. The lowest BCUT2D eigenvalue weighted by Gasteiger charge is -2.33. The van der Waals surface area contributed by atoms with Gasteiger partial charge in [0.1, 0.15) is 23.0 Å². The first-order valence-electron chi connectivity index (χ1n) is 8.50. The van der Waals surface area contributed by atoms with Crippen molar-refractivity contribution < 1.29 is 18.0 Å². The number of hydrogen-bond donors (Lipinski definition) is 1. The van der Waals surface area contributed by atoms with Gasteiger partial charge in [0.2, 0.25) is 0 Å². The van der Waals surface area contributed by atoms with Gasteiger partial charge in [-0.3, -0.25) is 9.78 Å². The van der Waals surface area contributed by atoms with Gasteiger partial charge in [0.05, 0.1) is 11.9 Å². The second-order valence-electron chi connectivity index (χ2n) is 6.43. The molecule has 0 radical (unpaired) electrons. The molecule has 1 fully saturated rings. The fourth-order valence-corrected chi connectivity index (χ4v) is 2.88. The molecule has 1 aliphatic rings. The summed E-state index contributed by atoms with van der Waals surface area (Å²) in [6, 6.07) is 0.884. The van der Waals surface area contributed by atoms with E-state index < -0.39 is 11.9 Å². The molecule has 3 rings (SSSR count). The van der Waals surface area contributed by atoms with Crippen molar-refractivity contribution in [2.24, 2.45) is 0 Å². The van der Waals surface area contributed by atoms with Crippen molar-refractivity contribution >= 4 is 11.7 Å². The SMILES string of the molecule is Cc1cnc(C(=O)NC2CCN(c3cc(C(F)(F)F)nc(C)n3)CC2)cn1. The molecule has 0 bridgehead atoms. The molecule has 144 valence electrons. The second kappa shape index (κ2) is 7.45. The van der Waals surface area contributed by atoms with Crippen LogP contribution in [0.15, 0.2) is 18.5 Å². The van der Waals surface area contributed by atoms with Gasteiger partial charge in [0.25, 0.3) is 5.91 Å². The van der Waals surface area contributed by atoms with E-state index in [2.05, 4.69) is 25.3 Å². The molecule has 0 atom stereocenters. The maximum Gasteiger partial charge on any atom is 0.433 e. The van der Waals surface area contributed by atoms with E-state index >= 15 is 0 Å². The standard InChI is InChI=1S/C17H19F3N6O/c1-10-8-22-13(9-21-10)16(27)25-12-3-5-26(6-4-12)15-7-14(17(18,19)20)23-11(2)24-15/h7-9,12H,3-6H2,1-2H3,(H,25,27). The molecule has 1 N–H and O–H groups in total. The smallest absolute Gasteiger partial charge is 0.356 e. The number of aromatic nitrogens is 4. The van der Waals surface area contributed by atoms with E-state index in [9.17, 15) is 18.0 Å². The van der Waals surface area contributed by atoms with Crippen LogP contribution in [0.3, 0.4) is 0 Å². The first-order valence-corrected chi connectivity index (χ1v) is 8.50. The Morgan fingerprint density at radius 2 is 1.85 bits per heavy atom. The molecule has 3 heterocycles. The van der Waals surface area contributed by atoms with Crippen molar-refractivity contribution in [3.8, 4) is 0 Å². The topological polar surface area (TPSA) is 83.9 Å². The highest BCUT2D eigenvalue weighted by Gasteiger charge is 2.34. The van der Waals surface area contributed by atoms with Crippen LogP contribution >= 0.6 is 0 Å². The largest absolute Gasteiger partial charge is 0.433 e. The normalized spacial score (nSPS) is 15.7. The Kier molecular flexibility index (Phi) is 5.24. The number of anilines is 1. The highest BCUT2D eigenvalue weighted by atomic mass is 19.4. The van der Waals surface area contributed by atoms with E-state index in [4.69, 9.17) is 0 Å². The summed E-state index contributed by atoms with van der Waals surface area (Å²) < 4.78 is 38.8. The van der Waals surface area contributed by atoms with Crippen LogP contribution < -0.4 is 10.2 Å². The summed E-state index contributed by atoms with van der Waals surface area (Å²) in [5, 5.41) is 2.89. The minimum absolute atomic E-state index is 0.0770. The van der Waals surface area contributed by atoms with Crippen molar-refractivity contribution in [2.45, 2.75) is 38.9 Å². The molecule has 10 heteroatoms. The highest BCUT2D eigenvalue weighted by Crippen LogP contribution is 2.30. The van der Waals surface area contributed by atoms with E-state index in [-0.39, 0.29) is 29.3 Å². The number of aryl methyl sites for hydroxylation is 2. The summed E-state index contributed by atoms with van der Waals surface area (Å²) in [5.74, 6) is 0.0235. The van der Waals surface area contributed by atoms with Crippen LogP contribution in [-0.2, 0) is 6.18 Å². The molecule has 2 aromatic rings. The van der Waals surface area contributed by atoms with Gasteiger partial charge >= 0.3 is 6.18 Å². The fourth-order valence-electron chi connectivity index (χ4n) is 2.88. The monoisotopic (exact) mass is 380 g/mol. The number of carbonyl (C=O) groups excluding carboxylic acids is 1. The highest BCUT2D eigenvalue weighted by molar-refractivity contribution is 5.92. The summed E-state index contributed by atoms with van der Waals surface area (Å²) in [5.41, 5.74) is 0.0147. The summed E-state index contributed by atoms with van der Waals surface area (Å²) in [7, 11) is 0. The van der Waals surface area contributed by atoms with Crippen molar-refractivity contribution in [3.05, 3.63) is 41.4 Å². The van der Waals surface area contributed by atoms with Crippen LogP contribution in [0.2, 0.25) is 0 Å². The number of carbonyl (C=O) groups is 1. The number of halogens is 3. The Hall–Kier alpha value is -2.78. The van der Waals surface area contributed by atoms with Gasteiger partial charge in [0.15, 0.2) is 0 Å². The molecule has 0 saturated carbocycles. The predicted molar refractivity (Wildman–Crippen MR) is 91.2 cm³/mol. The number of rotatable bonds is 3. The van der Waals surface area contributed by atoms with Gasteiger partial charge in [-0.1, -0.05) is 0 Å². The number of nitrogens with zero attached hydrogens (tertiary/aromatic N) is 5. The number of nitrogens with one attached hydrogen (secondary N) is 1. The Bertz CT molecular complexity index is 816. The average Bonchev–Trinajstić information content (AvgIpc) is 2.61. The molecule has 0 unspecified atom stereocenters. The average molecular weight is 380 g/mol. The van der Waals surface area contributed by atoms with Crippen LogP contribution in [0.25, 0.3) is 0 Å². The van der Waals surface area contributed by atoms with E-state index in [0.29, 0.717) is 25.9 Å². The Morgan fingerprint density at radius 3 is 2.44 bits per heavy atom. The molecule has 0 aromatic carbocycles. The lowest BCUT2D eigenvalue weighted by atomic mass is 10.0. The van der Waals surface area contributed by atoms with E-state index in [1.54, 1.807) is 11.8 Å². The number of hydrogen-bond acceptors (Lipinski definition) is 6. The van der Waals surface area contributed by atoms with Gasteiger partial charge in [-0.25, -0.2) is 15.0 Å². The molecule has 0 spiro atoms. The van der Waals surface area contributed by atoms with Crippen LogP contribution in [0, 0.1) is 13.8 Å².